The fraction of sp³-hybridized carbons (Fsp3) is 0.333. The summed E-state index contributed by atoms with van der Waals surface area (Å²) in [6.45, 7) is 0.298. The largest absolute Gasteiger partial charge is 0.489 e. The summed E-state index contributed by atoms with van der Waals surface area (Å²) in [6, 6.07) is 3.21. The van der Waals surface area contributed by atoms with E-state index in [1.54, 1.807) is 31.1 Å². The van der Waals surface area contributed by atoms with Gasteiger partial charge in [-0.05, 0) is 13.1 Å². The number of rotatable bonds is 1. The molecule has 0 aliphatic carbocycles. The van der Waals surface area contributed by atoms with Crippen LogP contribution in [0.2, 0.25) is 0 Å². The zero-order valence-electron chi connectivity index (χ0n) is 10.1. The van der Waals surface area contributed by atoms with E-state index in [0.29, 0.717) is 29.1 Å². The van der Waals surface area contributed by atoms with Crippen LogP contribution in [0.15, 0.2) is 22.9 Å². The Labute approximate surface area is 104 Å². The predicted octanol–water partition coefficient (Wildman–Crippen LogP) is 0.771. The number of carbonyl (C=O) groups is 1. The Kier molecular flexibility index (Phi) is 2.45. The lowest BCUT2D eigenvalue weighted by atomic mass is 10.2. The summed E-state index contributed by atoms with van der Waals surface area (Å²) in [5, 5.41) is 2.94. The highest BCUT2D eigenvalue weighted by Gasteiger charge is 2.28. The van der Waals surface area contributed by atoms with Crippen LogP contribution in [0.1, 0.15) is 0 Å². The predicted molar refractivity (Wildman–Crippen MR) is 65.8 cm³/mol. The molecule has 0 fully saturated rings. The summed E-state index contributed by atoms with van der Waals surface area (Å²) in [5.41, 5.74) is 2.07. The topological polar surface area (TPSA) is 67.6 Å². The minimum absolute atomic E-state index is 0.0286. The van der Waals surface area contributed by atoms with Gasteiger partial charge in [-0.25, -0.2) is 4.98 Å². The quantitative estimate of drug-likeness (QED) is 0.806. The average molecular weight is 247 g/mol. The molecule has 1 aromatic heterocycles. The molecule has 18 heavy (non-hydrogen) atoms. The summed E-state index contributed by atoms with van der Waals surface area (Å²) in [7, 11) is 3.47. The van der Waals surface area contributed by atoms with Gasteiger partial charge < -0.3 is 19.4 Å². The number of amides is 1. The second-order valence-electron chi connectivity index (χ2n) is 4.19. The number of benzene rings is 1. The van der Waals surface area contributed by atoms with Crippen LogP contribution in [-0.2, 0) is 4.79 Å². The van der Waals surface area contributed by atoms with Gasteiger partial charge in [0, 0.05) is 13.1 Å². The van der Waals surface area contributed by atoms with Crippen molar-refractivity contribution in [2.24, 2.45) is 0 Å². The molecule has 1 aliphatic rings. The van der Waals surface area contributed by atoms with Gasteiger partial charge in [-0.1, -0.05) is 0 Å². The highest BCUT2D eigenvalue weighted by Crippen LogP contribution is 2.34. The molecule has 1 N–H and O–H groups in total. The number of nitrogens with one attached hydrogen (secondary N) is 1. The van der Waals surface area contributed by atoms with Crippen molar-refractivity contribution >= 4 is 22.7 Å². The van der Waals surface area contributed by atoms with Crippen LogP contribution in [0.5, 0.6) is 5.75 Å². The minimum atomic E-state index is -0.346. The minimum Gasteiger partial charge on any atom is -0.489 e. The summed E-state index contributed by atoms with van der Waals surface area (Å²) in [5.74, 6) is 0.604. The number of anilines is 1. The summed E-state index contributed by atoms with van der Waals surface area (Å²) in [4.78, 5) is 17.8. The van der Waals surface area contributed by atoms with E-state index < -0.39 is 0 Å². The smallest absolute Gasteiger partial charge is 0.247 e. The molecule has 0 radical (unpaired) electrons. The van der Waals surface area contributed by atoms with E-state index in [-0.39, 0.29) is 11.9 Å². The maximum absolute atomic E-state index is 12.2. The number of carbonyl (C=O) groups excluding carboxylic acids is 1. The van der Waals surface area contributed by atoms with Gasteiger partial charge in [-0.2, -0.15) is 0 Å². The monoisotopic (exact) mass is 247 g/mol. The average Bonchev–Trinajstić information content (AvgIpc) is 2.80. The third kappa shape index (κ3) is 1.53. The lowest BCUT2D eigenvalue weighted by molar-refractivity contribution is -0.120. The standard InChI is InChI=1S/C12H13N3O3/c1-13-8-5-17-11-4-10-7(14-6-18-10)3-9(11)15(2)12(8)16/h3-4,6,8,13H,5H2,1-2H3. The van der Waals surface area contributed by atoms with E-state index in [1.165, 1.54) is 6.39 Å². The van der Waals surface area contributed by atoms with Gasteiger partial charge >= 0.3 is 0 Å². The van der Waals surface area contributed by atoms with Crippen molar-refractivity contribution in [3.63, 3.8) is 0 Å². The first-order chi connectivity index (χ1) is 8.70. The lowest BCUT2D eigenvalue weighted by Crippen LogP contribution is -2.45. The third-order valence-corrected chi connectivity index (χ3v) is 3.16. The molecule has 0 spiro atoms. The molecule has 1 unspecified atom stereocenters. The Bertz CT molecular complexity index is 608. The third-order valence-electron chi connectivity index (χ3n) is 3.16. The number of nitrogens with zero attached hydrogens (tertiary/aromatic N) is 2. The number of hydrogen-bond donors (Lipinski definition) is 1. The van der Waals surface area contributed by atoms with E-state index >= 15 is 0 Å². The molecule has 0 bridgehead atoms. The zero-order valence-corrected chi connectivity index (χ0v) is 10.1. The van der Waals surface area contributed by atoms with Crippen molar-refractivity contribution in [3.05, 3.63) is 18.5 Å². The Morgan fingerprint density at radius 2 is 2.33 bits per heavy atom. The first-order valence-electron chi connectivity index (χ1n) is 5.65. The SMILES string of the molecule is CNC1COc2cc3ocnc3cc2N(C)C1=O. The highest BCUT2D eigenvalue weighted by molar-refractivity contribution is 6.00. The second-order valence-corrected chi connectivity index (χ2v) is 4.19. The summed E-state index contributed by atoms with van der Waals surface area (Å²) < 4.78 is 10.9. The molecule has 6 nitrogen and oxygen atoms in total. The fourth-order valence-corrected chi connectivity index (χ4v) is 2.06. The van der Waals surface area contributed by atoms with Crippen molar-refractivity contribution in [1.29, 1.82) is 0 Å². The normalized spacial score (nSPS) is 19.6. The van der Waals surface area contributed by atoms with Crippen LogP contribution in [0, 0.1) is 0 Å². The molecule has 0 saturated carbocycles. The molecule has 2 heterocycles. The number of fused-ring (bicyclic) bond motifs is 2. The van der Waals surface area contributed by atoms with E-state index in [2.05, 4.69) is 10.3 Å². The zero-order chi connectivity index (χ0) is 12.7. The van der Waals surface area contributed by atoms with Gasteiger partial charge in [0.15, 0.2) is 12.0 Å². The molecule has 94 valence electrons. The highest BCUT2D eigenvalue weighted by atomic mass is 16.5. The van der Waals surface area contributed by atoms with Crippen LogP contribution >= 0.6 is 0 Å². The maximum Gasteiger partial charge on any atom is 0.247 e. The number of hydrogen-bond acceptors (Lipinski definition) is 5. The molecule has 6 heteroatoms. The molecule has 1 aromatic carbocycles. The Morgan fingerprint density at radius 3 is 3.11 bits per heavy atom. The molecule has 1 aliphatic heterocycles. The summed E-state index contributed by atoms with van der Waals surface area (Å²) >= 11 is 0. The van der Waals surface area contributed by atoms with Crippen molar-refractivity contribution in [2.75, 3.05) is 25.6 Å². The van der Waals surface area contributed by atoms with Crippen LogP contribution in [0.4, 0.5) is 5.69 Å². The second kappa shape index (κ2) is 3.99. The first-order valence-corrected chi connectivity index (χ1v) is 5.65. The van der Waals surface area contributed by atoms with E-state index in [9.17, 15) is 4.79 Å². The summed E-state index contributed by atoms with van der Waals surface area (Å²) in [6.07, 6.45) is 1.38. The van der Waals surface area contributed by atoms with Gasteiger partial charge in [0.05, 0.1) is 5.69 Å². The van der Waals surface area contributed by atoms with Crippen LogP contribution < -0.4 is 15.0 Å². The van der Waals surface area contributed by atoms with E-state index in [0.717, 1.165) is 0 Å². The molecular formula is C12H13N3O3. The van der Waals surface area contributed by atoms with Gasteiger partial charge in [-0.3, -0.25) is 4.79 Å². The van der Waals surface area contributed by atoms with Gasteiger partial charge in [-0.15, -0.1) is 0 Å². The van der Waals surface area contributed by atoms with Crippen LogP contribution in [0.3, 0.4) is 0 Å². The van der Waals surface area contributed by atoms with Gasteiger partial charge in [0.25, 0.3) is 0 Å². The van der Waals surface area contributed by atoms with Gasteiger partial charge in [0.1, 0.15) is 23.9 Å². The van der Waals surface area contributed by atoms with E-state index in [4.69, 9.17) is 9.15 Å². The molecule has 1 atom stereocenters. The molecule has 3 rings (SSSR count). The van der Waals surface area contributed by atoms with Crippen molar-refractivity contribution in [3.8, 4) is 5.75 Å². The van der Waals surface area contributed by atoms with Crippen LogP contribution in [-0.4, -0.2) is 37.6 Å². The molecule has 1 amide bonds. The maximum atomic E-state index is 12.2. The first kappa shape index (κ1) is 11.0. The number of aromatic nitrogens is 1. The number of likely N-dealkylation sites (N-methyl/N-ethyl adjacent to an activating group) is 2. The Hall–Kier alpha value is -2.08. The Morgan fingerprint density at radius 1 is 1.50 bits per heavy atom. The van der Waals surface area contributed by atoms with Gasteiger partial charge in [0.2, 0.25) is 5.91 Å². The van der Waals surface area contributed by atoms with Crippen molar-refractivity contribution < 1.29 is 13.9 Å². The number of ether oxygens (including phenoxy) is 1. The van der Waals surface area contributed by atoms with Crippen molar-refractivity contribution in [1.82, 2.24) is 10.3 Å². The molecular weight excluding hydrogens is 234 g/mol. The fourth-order valence-electron chi connectivity index (χ4n) is 2.06. The lowest BCUT2D eigenvalue weighted by Gasteiger charge is -2.18. The van der Waals surface area contributed by atoms with Crippen LogP contribution in [0.25, 0.3) is 11.1 Å². The van der Waals surface area contributed by atoms with Crippen molar-refractivity contribution in [2.45, 2.75) is 6.04 Å². The van der Waals surface area contributed by atoms with E-state index in [1.807, 2.05) is 0 Å². The number of oxazole rings is 1. The Balaban J connectivity index is 2.13. The molecule has 0 saturated heterocycles. The molecule has 2 aromatic rings.